The number of likely N-dealkylation sites (tertiary alicyclic amines) is 1. The SMILES string of the molecule is C[C@@H](O)[C@H](NC(=O)[C@@H]1CCCN1C(=O)[C@H](CCC(=O)O)NC(=O)[C@@H]1CCCN1)C(=O)O. The Hall–Kier alpha value is -2.73. The molecule has 0 aromatic heterocycles. The molecule has 12 nitrogen and oxygen atoms in total. The fraction of sp³-hybridized carbons (Fsp3) is 0.737. The number of rotatable bonds is 10. The molecule has 3 amide bonds. The lowest BCUT2D eigenvalue weighted by Gasteiger charge is -2.30. The lowest BCUT2D eigenvalue weighted by molar-refractivity contribution is -0.147. The standard InChI is InChI=1S/C19H30N4O8/c1-10(24)15(19(30)31)22-17(28)13-5-3-9-23(13)18(29)12(6-7-14(25)26)21-16(27)11-4-2-8-20-11/h10-13,15,20,24H,2-9H2,1H3,(H,21,27)(H,22,28)(H,25,26)(H,30,31)/t10-,11+,12+,13+,15+/m1/s1. The summed E-state index contributed by atoms with van der Waals surface area (Å²) in [6.45, 7) is 2.11. The molecular formula is C19H30N4O8. The van der Waals surface area contributed by atoms with Crippen molar-refractivity contribution in [3.8, 4) is 0 Å². The van der Waals surface area contributed by atoms with Crippen molar-refractivity contribution < 1.29 is 39.3 Å². The lowest BCUT2D eigenvalue weighted by Crippen LogP contribution is -2.57. The van der Waals surface area contributed by atoms with Gasteiger partial charge in [0.25, 0.3) is 0 Å². The fourth-order valence-corrected chi connectivity index (χ4v) is 3.85. The maximum absolute atomic E-state index is 13.1. The summed E-state index contributed by atoms with van der Waals surface area (Å²) >= 11 is 0. The van der Waals surface area contributed by atoms with Gasteiger partial charge < -0.3 is 36.2 Å². The molecule has 0 unspecified atom stereocenters. The zero-order valence-corrected chi connectivity index (χ0v) is 17.4. The van der Waals surface area contributed by atoms with E-state index in [9.17, 15) is 29.1 Å². The van der Waals surface area contributed by atoms with E-state index in [0.717, 1.165) is 6.42 Å². The maximum atomic E-state index is 13.1. The third-order valence-electron chi connectivity index (χ3n) is 5.52. The Kier molecular flexibility index (Phi) is 8.75. The molecule has 0 bridgehead atoms. The number of nitrogens with zero attached hydrogens (tertiary/aromatic N) is 1. The Morgan fingerprint density at radius 3 is 2.32 bits per heavy atom. The predicted molar refractivity (Wildman–Crippen MR) is 106 cm³/mol. The second-order valence-corrected chi connectivity index (χ2v) is 7.90. The van der Waals surface area contributed by atoms with Gasteiger partial charge >= 0.3 is 11.9 Å². The minimum absolute atomic E-state index is 0.136. The van der Waals surface area contributed by atoms with Crippen molar-refractivity contribution >= 4 is 29.7 Å². The predicted octanol–water partition coefficient (Wildman–Crippen LogP) is -1.97. The van der Waals surface area contributed by atoms with Crippen LogP contribution in [0.25, 0.3) is 0 Å². The molecule has 2 aliphatic rings. The van der Waals surface area contributed by atoms with Crippen LogP contribution in [0, 0.1) is 0 Å². The molecule has 5 atom stereocenters. The Bertz CT molecular complexity index is 707. The zero-order valence-electron chi connectivity index (χ0n) is 17.4. The molecule has 0 aromatic rings. The largest absolute Gasteiger partial charge is 0.481 e. The van der Waals surface area contributed by atoms with Crippen LogP contribution in [0.2, 0.25) is 0 Å². The molecule has 0 spiro atoms. The van der Waals surface area contributed by atoms with Crippen molar-refractivity contribution in [2.75, 3.05) is 13.1 Å². The van der Waals surface area contributed by atoms with E-state index in [1.807, 2.05) is 0 Å². The maximum Gasteiger partial charge on any atom is 0.328 e. The van der Waals surface area contributed by atoms with Crippen molar-refractivity contribution in [2.24, 2.45) is 0 Å². The molecule has 2 fully saturated rings. The van der Waals surface area contributed by atoms with Crippen LogP contribution < -0.4 is 16.0 Å². The van der Waals surface area contributed by atoms with Gasteiger partial charge in [-0.3, -0.25) is 19.2 Å². The summed E-state index contributed by atoms with van der Waals surface area (Å²) in [5.74, 6) is -4.24. The third-order valence-corrected chi connectivity index (χ3v) is 5.52. The molecule has 0 saturated carbocycles. The molecule has 2 heterocycles. The summed E-state index contributed by atoms with van der Waals surface area (Å²) in [6.07, 6.45) is 0.373. The molecule has 2 rings (SSSR count). The van der Waals surface area contributed by atoms with Crippen LogP contribution in [-0.4, -0.2) is 93.2 Å². The van der Waals surface area contributed by atoms with Crippen molar-refractivity contribution in [3.05, 3.63) is 0 Å². The van der Waals surface area contributed by atoms with E-state index in [4.69, 9.17) is 10.2 Å². The van der Waals surface area contributed by atoms with E-state index in [2.05, 4.69) is 16.0 Å². The highest BCUT2D eigenvalue weighted by atomic mass is 16.4. The first-order valence-corrected chi connectivity index (χ1v) is 10.4. The molecular weight excluding hydrogens is 412 g/mol. The van der Waals surface area contributed by atoms with E-state index in [0.29, 0.717) is 19.4 Å². The minimum Gasteiger partial charge on any atom is -0.481 e. The summed E-state index contributed by atoms with van der Waals surface area (Å²) in [4.78, 5) is 61.7. The third kappa shape index (κ3) is 6.62. The fourth-order valence-electron chi connectivity index (χ4n) is 3.85. The van der Waals surface area contributed by atoms with Gasteiger partial charge in [-0.25, -0.2) is 4.79 Å². The number of aliphatic hydroxyl groups is 1. The highest BCUT2D eigenvalue weighted by Gasteiger charge is 2.40. The highest BCUT2D eigenvalue weighted by Crippen LogP contribution is 2.20. The molecule has 2 saturated heterocycles. The average Bonchev–Trinajstić information content (AvgIpc) is 3.39. The monoisotopic (exact) mass is 442 g/mol. The number of amides is 3. The van der Waals surface area contributed by atoms with E-state index in [1.54, 1.807) is 0 Å². The normalized spacial score (nSPS) is 23.6. The van der Waals surface area contributed by atoms with Gasteiger partial charge in [0, 0.05) is 13.0 Å². The minimum atomic E-state index is -1.53. The lowest BCUT2D eigenvalue weighted by atomic mass is 10.1. The van der Waals surface area contributed by atoms with E-state index >= 15 is 0 Å². The first-order chi connectivity index (χ1) is 14.6. The van der Waals surface area contributed by atoms with Crippen LogP contribution in [0.3, 0.4) is 0 Å². The topological polar surface area (TPSA) is 185 Å². The van der Waals surface area contributed by atoms with Crippen LogP contribution in [0.1, 0.15) is 45.4 Å². The van der Waals surface area contributed by atoms with Crippen LogP contribution in [-0.2, 0) is 24.0 Å². The van der Waals surface area contributed by atoms with Gasteiger partial charge in [0.1, 0.15) is 12.1 Å². The molecule has 174 valence electrons. The van der Waals surface area contributed by atoms with Gasteiger partial charge in [-0.2, -0.15) is 0 Å². The molecule has 31 heavy (non-hydrogen) atoms. The Labute approximate surface area is 179 Å². The Morgan fingerprint density at radius 2 is 1.77 bits per heavy atom. The number of carboxylic acid groups (broad SMARTS) is 2. The van der Waals surface area contributed by atoms with Gasteiger partial charge in [-0.05, 0) is 45.6 Å². The van der Waals surface area contributed by atoms with E-state index < -0.39 is 59.9 Å². The summed E-state index contributed by atoms with van der Waals surface area (Å²) < 4.78 is 0. The van der Waals surface area contributed by atoms with Crippen LogP contribution >= 0.6 is 0 Å². The average molecular weight is 442 g/mol. The van der Waals surface area contributed by atoms with E-state index in [-0.39, 0.29) is 25.8 Å². The van der Waals surface area contributed by atoms with Crippen molar-refractivity contribution in [1.82, 2.24) is 20.9 Å². The number of aliphatic carboxylic acids is 2. The van der Waals surface area contributed by atoms with Crippen LogP contribution in [0.15, 0.2) is 0 Å². The number of carbonyl (C=O) groups excluding carboxylic acids is 3. The number of nitrogens with one attached hydrogen (secondary N) is 3. The Morgan fingerprint density at radius 1 is 1.06 bits per heavy atom. The van der Waals surface area contributed by atoms with Gasteiger partial charge in [-0.15, -0.1) is 0 Å². The summed E-state index contributed by atoms with van der Waals surface area (Å²) in [7, 11) is 0. The highest BCUT2D eigenvalue weighted by molar-refractivity contribution is 5.94. The molecule has 2 aliphatic heterocycles. The second-order valence-electron chi connectivity index (χ2n) is 7.90. The molecule has 12 heteroatoms. The molecule has 0 aliphatic carbocycles. The first kappa shape index (κ1) is 24.5. The van der Waals surface area contributed by atoms with Crippen molar-refractivity contribution in [3.63, 3.8) is 0 Å². The quantitative estimate of drug-likeness (QED) is 0.223. The van der Waals surface area contributed by atoms with Gasteiger partial charge in [0.05, 0.1) is 12.1 Å². The number of carbonyl (C=O) groups is 5. The molecule has 0 aromatic carbocycles. The van der Waals surface area contributed by atoms with Crippen molar-refractivity contribution in [1.29, 1.82) is 0 Å². The summed E-state index contributed by atoms with van der Waals surface area (Å²) in [5, 5.41) is 35.6. The molecule has 0 radical (unpaired) electrons. The molecule has 6 N–H and O–H groups in total. The van der Waals surface area contributed by atoms with Crippen LogP contribution in [0.5, 0.6) is 0 Å². The zero-order chi connectivity index (χ0) is 23.1. The van der Waals surface area contributed by atoms with Gasteiger partial charge in [-0.1, -0.05) is 0 Å². The Balaban J connectivity index is 2.11. The number of hydrogen-bond acceptors (Lipinski definition) is 7. The number of aliphatic hydroxyl groups excluding tert-OH is 1. The van der Waals surface area contributed by atoms with Gasteiger partial charge in [0.15, 0.2) is 6.04 Å². The first-order valence-electron chi connectivity index (χ1n) is 10.4. The smallest absolute Gasteiger partial charge is 0.328 e. The van der Waals surface area contributed by atoms with Crippen LogP contribution in [0.4, 0.5) is 0 Å². The van der Waals surface area contributed by atoms with E-state index in [1.165, 1.54) is 11.8 Å². The van der Waals surface area contributed by atoms with Crippen molar-refractivity contribution in [2.45, 2.75) is 75.7 Å². The summed E-state index contributed by atoms with van der Waals surface area (Å²) in [5.41, 5.74) is 0. The number of carboxylic acids is 2. The second kappa shape index (κ2) is 11.0. The van der Waals surface area contributed by atoms with Gasteiger partial charge in [0.2, 0.25) is 17.7 Å². The summed E-state index contributed by atoms with van der Waals surface area (Å²) in [6, 6.07) is -4.07. The number of hydrogen-bond donors (Lipinski definition) is 6.